The van der Waals surface area contributed by atoms with Gasteiger partial charge in [0.1, 0.15) is 23.6 Å². The quantitative estimate of drug-likeness (QED) is 0.597. The SMILES string of the molecule is CN1Cc2c(ncnc2N2CCC(CNS(=O)(=O)NC(=O)OC(C)(C)C)CC2)NC1=O. The van der Waals surface area contributed by atoms with Crippen molar-refractivity contribution in [2.75, 3.05) is 36.9 Å². The molecule has 0 radical (unpaired) electrons. The second kappa shape index (κ2) is 8.83. The molecule has 2 aliphatic heterocycles. The van der Waals surface area contributed by atoms with Crippen LogP contribution in [0.15, 0.2) is 6.33 Å². The molecule has 0 atom stereocenters. The molecule has 1 saturated heterocycles. The van der Waals surface area contributed by atoms with Crippen molar-refractivity contribution in [1.82, 2.24) is 24.3 Å². The molecule has 1 aromatic rings. The van der Waals surface area contributed by atoms with Gasteiger partial charge < -0.3 is 14.5 Å². The van der Waals surface area contributed by atoms with Crippen LogP contribution in [-0.2, 0) is 21.5 Å². The first-order valence-electron chi connectivity index (χ1n) is 10.0. The number of piperidine rings is 1. The molecular weight excluding hydrogens is 426 g/mol. The molecule has 1 aromatic heterocycles. The number of fused-ring (bicyclic) bond motifs is 1. The smallest absolute Gasteiger partial charge is 0.422 e. The molecule has 3 N–H and O–H groups in total. The van der Waals surface area contributed by atoms with Crippen molar-refractivity contribution in [1.29, 1.82) is 0 Å². The van der Waals surface area contributed by atoms with Crippen LogP contribution < -0.4 is 19.7 Å². The molecule has 2 aliphatic rings. The molecule has 0 bridgehead atoms. The summed E-state index contributed by atoms with van der Waals surface area (Å²) in [5, 5.41) is 2.75. The number of hydrogen-bond acceptors (Lipinski definition) is 8. The van der Waals surface area contributed by atoms with Gasteiger partial charge in [0, 0.05) is 26.7 Å². The molecule has 13 heteroatoms. The minimum atomic E-state index is -4.00. The van der Waals surface area contributed by atoms with E-state index in [1.807, 2.05) is 4.72 Å². The normalized spacial score (nSPS) is 17.7. The Labute approximate surface area is 181 Å². The molecule has 3 heterocycles. The fourth-order valence-corrected chi connectivity index (χ4v) is 4.24. The number of hydrogen-bond donors (Lipinski definition) is 3. The summed E-state index contributed by atoms with van der Waals surface area (Å²) >= 11 is 0. The minimum absolute atomic E-state index is 0.117. The molecular formula is C18H29N7O5S. The van der Waals surface area contributed by atoms with E-state index in [1.54, 1.807) is 32.7 Å². The molecule has 3 amide bonds. The van der Waals surface area contributed by atoms with Gasteiger partial charge in [-0.05, 0) is 39.5 Å². The number of anilines is 2. The van der Waals surface area contributed by atoms with E-state index in [2.05, 4.69) is 24.9 Å². The van der Waals surface area contributed by atoms with E-state index in [9.17, 15) is 18.0 Å². The Morgan fingerprint density at radius 1 is 1.29 bits per heavy atom. The fraction of sp³-hybridized carbons (Fsp3) is 0.667. The maximum atomic E-state index is 12.1. The Morgan fingerprint density at radius 3 is 2.61 bits per heavy atom. The van der Waals surface area contributed by atoms with Gasteiger partial charge in [-0.25, -0.2) is 24.3 Å². The Balaban J connectivity index is 1.52. The lowest BCUT2D eigenvalue weighted by atomic mass is 9.97. The summed E-state index contributed by atoms with van der Waals surface area (Å²) in [5.74, 6) is 1.42. The van der Waals surface area contributed by atoms with Gasteiger partial charge in [-0.2, -0.15) is 13.1 Å². The van der Waals surface area contributed by atoms with Crippen molar-refractivity contribution in [3.05, 3.63) is 11.9 Å². The van der Waals surface area contributed by atoms with Gasteiger partial charge in [0.15, 0.2) is 0 Å². The zero-order valence-electron chi connectivity index (χ0n) is 18.1. The zero-order chi connectivity index (χ0) is 22.8. The number of urea groups is 1. The number of rotatable bonds is 5. The summed E-state index contributed by atoms with van der Waals surface area (Å²) in [5.41, 5.74) is 0.0786. The second-order valence-corrected chi connectivity index (χ2v) is 10.2. The average Bonchev–Trinajstić information content (AvgIpc) is 2.65. The Kier molecular flexibility index (Phi) is 6.55. The summed E-state index contributed by atoms with van der Waals surface area (Å²) in [4.78, 5) is 35.8. The number of carbonyl (C=O) groups excluding carboxylic acids is 2. The summed E-state index contributed by atoms with van der Waals surface area (Å²) in [7, 11) is -2.29. The molecule has 3 rings (SSSR count). The molecule has 0 aliphatic carbocycles. The molecule has 0 unspecified atom stereocenters. The second-order valence-electron chi connectivity index (χ2n) is 8.70. The highest BCUT2D eigenvalue weighted by atomic mass is 32.2. The van der Waals surface area contributed by atoms with Crippen LogP contribution in [0.4, 0.5) is 21.2 Å². The monoisotopic (exact) mass is 455 g/mol. The molecule has 0 saturated carbocycles. The number of nitrogens with zero attached hydrogens (tertiary/aromatic N) is 4. The predicted molar refractivity (Wildman–Crippen MR) is 114 cm³/mol. The topological polar surface area (TPSA) is 146 Å². The first-order valence-corrected chi connectivity index (χ1v) is 11.5. The highest BCUT2D eigenvalue weighted by Crippen LogP contribution is 2.30. The zero-order valence-corrected chi connectivity index (χ0v) is 19.0. The summed E-state index contributed by atoms with van der Waals surface area (Å²) in [6.07, 6.45) is 1.91. The average molecular weight is 456 g/mol. The Bertz CT molecular complexity index is 939. The van der Waals surface area contributed by atoms with Crippen LogP contribution in [0.25, 0.3) is 0 Å². The number of ether oxygens (including phenoxy) is 1. The van der Waals surface area contributed by atoms with Crippen LogP contribution in [0.5, 0.6) is 0 Å². The molecule has 172 valence electrons. The van der Waals surface area contributed by atoms with Crippen molar-refractivity contribution >= 4 is 34.0 Å². The molecule has 31 heavy (non-hydrogen) atoms. The van der Waals surface area contributed by atoms with Crippen molar-refractivity contribution < 1.29 is 22.7 Å². The first kappa shape index (κ1) is 23.0. The van der Waals surface area contributed by atoms with Crippen LogP contribution in [0.1, 0.15) is 39.2 Å². The maximum Gasteiger partial charge on any atom is 0.422 e. The first-order chi connectivity index (χ1) is 14.4. The molecule has 0 spiro atoms. The van der Waals surface area contributed by atoms with E-state index in [0.29, 0.717) is 25.5 Å². The third kappa shape index (κ3) is 6.17. The van der Waals surface area contributed by atoms with E-state index in [-0.39, 0.29) is 18.5 Å². The standard InChI is InChI=1S/C18H29N7O5S/c1-18(2,3)30-17(27)23-31(28,29)21-9-12-5-7-25(8-6-12)15-13-10-24(4)16(26)22-14(13)19-11-20-15/h11-12,21H,5-10H2,1-4H3,(H,23,27)(H,19,20,22,26). The van der Waals surface area contributed by atoms with Gasteiger partial charge in [0.25, 0.3) is 0 Å². The largest absolute Gasteiger partial charge is 0.443 e. The lowest BCUT2D eigenvalue weighted by Gasteiger charge is -2.35. The highest BCUT2D eigenvalue weighted by Gasteiger charge is 2.29. The number of amides is 3. The van der Waals surface area contributed by atoms with Gasteiger partial charge in [-0.1, -0.05) is 0 Å². The van der Waals surface area contributed by atoms with Crippen LogP contribution in [0.2, 0.25) is 0 Å². The minimum Gasteiger partial charge on any atom is -0.443 e. The molecule has 0 aromatic carbocycles. The number of aromatic nitrogens is 2. The predicted octanol–water partition coefficient (Wildman–Crippen LogP) is 1.03. The van der Waals surface area contributed by atoms with E-state index in [4.69, 9.17) is 4.74 Å². The third-order valence-corrected chi connectivity index (χ3v) is 5.96. The summed E-state index contributed by atoms with van der Waals surface area (Å²) in [6.45, 7) is 6.98. The lowest BCUT2D eigenvalue weighted by molar-refractivity contribution is 0.0569. The lowest BCUT2D eigenvalue weighted by Crippen LogP contribution is -2.46. The van der Waals surface area contributed by atoms with Gasteiger partial charge >= 0.3 is 22.3 Å². The molecule has 1 fully saturated rings. The maximum absolute atomic E-state index is 12.1. The van der Waals surface area contributed by atoms with Crippen LogP contribution in [-0.4, -0.2) is 67.7 Å². The highest BCUT2D eigenvalue weighted by molar-refractivity contribution is 7.88. The van der Waals surface area contributed by atoms with Crippen molar-refractivity contribution in [3.8, 4) is 0 Å². The van der Waals surface area contributed by atoms with Gasteiger partial charge in [-0.3, -0.25) is 5.32 Å². The van der Waals surface area contributed by atoms with E-state index < -0.39 is 21.9 Å². The van der Waals surface area contributed by atoms with Gasteiger partial charge in [-0.15, -0.1) is 0 Å². The molecule has 12 nitrogen and oxygen atoms in total. The number of carbonyl (C=O) groups is 2. The van der Waals surface area contributed by atoms with E-state index in [0.717, 1.165) is 24.2 Å². The van der Waals surface area contributed by atoms with Gasteiger partial charge in [0.05, 0.1) is 12.1 Å². The Morgan fingerprint density at radius 2 is 1.97 bits per heavy atom. The van der Waals surface area contributed by atoms with Crippen LogP contribution in [0, 0.1) is 5.92 Å². The van der Waals surface area contributed by atoms with E-state index in [1.165, 1.54) is 6.33 Å². The van der Waals surface area contributed by atoms with Crippen molar-refractivity contribution in [3.63, 3.8) is 0 Å². The summed E-state index contributed by atoms with van der Waals surface area (Å²) < 4.78 is 33.4. The number of nitrogens with one attached hydrogen (secondary N) is 3. The van der Waals surface area contributed by atoms with Crippen molar-refractivity contribution in [2.45, 2.75) is 45.8 Å². The van der Waals surface area contributed by atoms with Crippen molar-refractivity contribution in [2.24, 2.45) is 5.92 Å². The van der Waals surface area contributed by atoms with Crippen LogP contribution in [0.3, 0.4) is 0 Å². The third-order valence-electron chi connectivity index (χ3n) is 4.98. The van der Waals surface area contributed by atoms with E-state index >= 15 is 0 Å². The fourth-order valence-electron chi connectivity index (χ4n) is 3.46. The Hall–Kier alpha value is -2.67. The van der Waals surface area contributed by atoms with Crippen LogP contribution >= 0.6 is 0 Å². The summed E-state index contributed by atoms with van der Waals surface area (Å²) in [6, 6.07) is -0.205. The van der Waals surface area contributed by atoms with Gasteiger partial charge in [0.2, 0.25) is 0 Å².